The molecule has 2 atom stereocenters. The largest absolute Gasteiger partial charge is 0.391 e. The molecule has 2 aliphatic rings. The molecule has 1 N–H and O–H groups in total. The van der Waals surface area contributed by atoms with E-state index in [1.807, 2.05) is 13.8 Å². The molecule has 0 saturated heterocycles. The molecule has 0 radical (unpaired) electrons. The van der Waals surface area contributed by atoms with Crippen molar-refractivity contribution in [1.82, 2.24) is 15.3 Å². The van der Waals surface area contributed by atoms with Gasteiger partial charge in [0.1, 0.15) is 10.7 Å². The van der Waals surface area contributed by atoms with Crippen LogP contribution in [-0.4, -0.2) is 28.1 Å². The van der Waals surface area contributed by atoms with E-state index >= 15 is 0 Å². The fourth-order valence-electron chi connectivity index (χ4n) is 3.97. The number of aryl methyl sites for hydroxylation is 2. The van der Waals surface area contributed by atoms with Crippen LogP contribution in [0.1, 0.15) is 71.2 Å². The molecule has 0 bridgehead atoms. The Kier molecular flexibility index (Phi) is 4.64. The molecule has 8 heteroatoms. The smallest absolute Gasteiger partial charge is 0.349 e. The number of fused-ring (bicyclic) bond motifs is 1. The Labute approximate surface area is 159 Å². The van der Waals surface area contributed by atoms with Gasteiger partial charge in [0.15, 0.2) is 0 Å². The van der Waals surface area contributed by atoms with Crippen LogP contribution in [-0.2, 0) is 0 Å². The number of nitrogens with one attached hydrogen (secondary N) is 1. The molecule has 2 heterocycles. The first-order valence-electron chi connectivity index (χ1n) is 9.39. The van der Waals surface area contributed by atoms with E-state index < -0.39 is 18.1 Å². The molecule has 4 nitrogen and oxygen atoms in total. The van der Waals surface area contributed by atoms with Gasteiger partial charge in [0.2, 0.25) is 0 Å². The molecule has 0 spiro atoms. The first kappa shape index (κ1) is 18.7. The molecular weight excluding hydrogens is 375 g/mol. The van der Waals surface area contributed by atoms with E-state index in [-0.39, 0.29) is 18.7 Å². The van der Waals surface area contributed by atoms with E-state index in [1.165, 1.54) is 11.3 Å². The fraction of sp³-hybridized carbons (Fsp3) is 0.632. The lowest BCUT2D eigenvalue weighted by molar-refractivity contribution is -0.183. The minimum absolute atomic E-state index is 0.0379. The average Bonchev–Trinajstić information content (AvgIpc) is 3.38. The number of hydrogen-bond acceptors (Lipinski definition) is 4. The van der Waals surface area contributed by atoms with Gasteiger partial charge in [-0.05, 0) is 51.5 Å². The number of thiophene rings is 1. The summed E-state index contributed by atoms with van der Waals surface area (Å²) in [4.78, 5) is 23.3. The summed E-state index contributed by atoms with van der Waals surface area (Å²) in [6.45, 7) is 3.78. The minimum Gasteiger partial charge on any atom is -0.349 e. The Hall–Kier alpha value is -1.70. The highest BCUT2D eigenvalue weighted by molar-refractivity contribution is 7.20. The van der Waals surface area contributed by atoms with E-state index in [0.717, 1.165) is 40.1 Å². The first-order valence-corrected chi connectivity index (χ1v) is 10.2. The van der Waals surface area contributed by atoms with Gasteiger partial charge in [-0.1, -0.05) is 6.42 Å². The van der Waals surface area contributed by atoms with Crippen molar-refractivity contribution in [2.75, 3.05) is 0 Å². The Morgan fingerprint density at radius 2 is 1.89 bits per heavy atom. The maximum Gasteiger partial charge on any atom is 0.391 e. The summed E-state index contributed by atoms with van der Waals surface area (Å²) in [5.74, 6) is -0.354. The molecule has 27 heavy (non-hydrogen) atoms. The van der Waals surface area contributed by atoms with Crippen LogP contribution in [0.2, 0.25) is 0 Å². The second-order valence-corrected chi connectivity index (χ2v) is 8.75. The molecule has 0 aliphatic heterocycles. The van der Waals surface area contributed by atoms with Crippen molar-refractivity contribution < 1.29 is 18.0 Å². The number of hydrogen-bond donors (Lipinski definition) is 1. The van der Waals surface area contributed by atoms with Crippen LogP contribution in [0.5, 0.6) is 0 Å². The van der Waals surface area contributed by atoms with Crippen molar-refractivity contribution in [2.24, 2.45) is 5.92 Å². The third-order valence-corrected chi connectivity index (χ3v) is 6.79. The molecule has 2 aromatic rings. The third kappa shape index (κ3) is 3.68. The highest BCUT2D eigenvalue weighted by Crippen LogP contribution is 2.41. The maximum atomic E-state index is 13.0. The summed E-state index contributed by atoms with van der Waals surface area (Å²) in [5.41, 5.74) is 1.68. The fourth-order valence-corrected chi connectivity index (χ4v) is 5.11. The third-order valence-electron chi connectivity index (χ3n) is 5.61. The summed E-state index contributed by atoms with van der Waals surface area (Å²) < 4.78 is 39.0. The summed E-state index contributed by atoms with van der Waals surface area (Å²) in [7, 11) is 0. The van der Waals surface area contributed by atoms with E-state index in [4.69, 9.17) is 0 Å². The number of rotatable bonds is 3. The van der Waals surface area contributed by atoms with Crippen molar-refractivity contribution in [3.63, 3.8) is 0 Å². The number of carbonyl (C=O) groups is 1. The Morgan fingerprint density at radius 1 is 1.15 bits per heavy atom. The van der Waals surface area contributed by atoms with Crippen LogP contribution in [0.4, 0.5) is 13.2 Å². The molecule has 2 aliphatic carbocycles. The monoisotopic (exact) mass is 397 g/mol. The highest BCUT2D eigenvalue weighted by Gasteiger charge is 2.42. The van der Waals surface area contributed by atoms with Gasteiger partial charge in [-0.15, -0.1) is 11.3 Å². The molecule has 2 fully saturated rings. The average molecular weight is 397 g/mol. The SMILES string of the molecule is Cc1nc(C2CC2)nc2sc(C(=O)N[C@H]3CCC[C@@H](C(F)(F)F)C3)c(C)c12. The molecule has 2 aromatic heterocycles. The second-order valence-electron chi connectivity index (χ2n) is 7.75. The van der Waals surface area contributed by atoms with Gasteiger partial charge in [0.05, 0.1) is 16.5 Å². The minimum atomic E-state index is -4.19. The molecule has 0 aromatic carbocycles. The van der Waals surface area contributed by atoms with Crippen molar-refractivity contribution in [3.05, 3.63) is 22.0 Å². The normalized spacial score (nSPS) is 23.6. The lowest BCUT2D eigenvalue weighted by Crippen LogP contribution is -2.41. The Balaban J connectivity index is 1.56. The summed E-state index contributed by atoms with van der Waals surface area (Å²) in [6.07, 6.45) is -0.804. The summed E-state index contributed by atoms with van der Waals surface area (Å²) in [5, 5.41) is 3.73. The van der Waals surface area contributed by atoms with Gasteiger partial charge in [0.25, 0.3) is 5.91 Å². The predicted molar refractivity (Wildman–Crippen MR) is 98.1 cm³/mol. The van der Waals surface area contributed by atoms with Crippen LogP contribution in [0.25, 0.3) is 10.2 Å². The molecule has 0 unspecified atom stereocenters. The zero-order valence-electron chi connectivity index (χ0n) is 15.3. The van der Waals surface area contributed by atoms with E-state index in [2.05, 4.69) is 15.3 Å². The van der Waals surface area contributed by atoms with Crippen LogP contribution < -0.4 is 5.32 Å². The first-order chi connectivity index (χ1) is 12.7. The maximum absolute atomic E-state index is 13.0. The van der Waals surface area contributed by atoms with Gasteiger partial charge in [-0.3, -0.25) is 4.79 Å². The number of halogens is 3. The van der Waals surface area contributed by atoms with Gasteiger partial charge >= 0.3 is 6.18 Å². The quantitative estimate of drug-likeness (QED) is 0.790. The second kappa shape index (κ2) is 6.72. The number of aromatic nitrogens is 2. The molecule has 146 valence electrons. The molecule has 4 rings (SSSR count). The molecule has 1 amide bonds. The number of alkyl halides is 3. The van der Waals surface area contributed by atoms with Gasteiger partial charge in [-0.2, -0.15) is 13.2 Å². The Bertz CT molecular complexity index is 888. The Morgan fingerprint density at radius 3 is 2.56 bits per heavy atom. The van der Waals surface area contributed by atoms with Crippen molar-refractivity contribution >= 4 is 27.5 Å². The van der Waals surface area contributed by atoms with Gasteiger partial charge in [0, 0.05) is 17.3 Å². The standard InChI is InChI=1S/C19H22F3N3OS/c1-9-14-10(2)23-16(11-6-7-11)25-18(14)27-15(9)17(26)24-13-5-3-4-12(8-13)19(20,21)22/h11-13H,3-8H2,1-2H3,(H,24,26)/t12-,13+/m1/s1. The lowest BCUT2D eigenvalue weighted by atomic mass is 9.85. The van der Waals surface area contributed by atoms with Crippen LogP contribution >= 0.6 is 11.3 Å². The van der Waals surface area contributed by atoms with Gasteiger partial charge in [-0.25, -0.2) is 9.97 Å². The molecule has 2 saturated carbocycles. The zero-order chi connectivity index (χ0) is 19.3. The summed E-state index contributed by atoms with van der Waals surface area (Å²) >= 11 is 1.32. The summed E-state index contributed by atoms with van der Waals surface area (Å²) in [6, 6.07) is -0.434. The van der Waals surface area contributed by atoms with E-state index in [9.17, 15) is 18.0 Å². The van der Waals surface area contributed by atoms with Crippen LogP contribution in [0.3, 0.4) is 0 Å². The van der Waals surface area contributed by atoms with E-state index in [1.54, 1.807) is 0 Å². The van der Waals surface area contributed by atoms with Crippen LogP contribution in [0, 0.1) is 19.8 Å². The molecular formula is C19H22F3N3OS. The van der Waals surface area contributed by atoms with Crippen LogP contribution in [0.15, 0.2) is 0 Å². The highest BCUT2D eigenvalue weighted by atomic mass is 32.1. The lowest BCUT2D eigenvalue weighted by Gasteiger charge is -2.30. The van der Waals surface area contributed by atoms with Crippen molar-refractivity contribution in [3.8, 4) is 0 Å². The zero-order valence-corrected chi connectivity index (χ0v) is 16.1. The topological polar surface area (TPSA) is 54.9 Å². The van der Waals surface area contributed by atoms with Crippen molar-refractivity contribution in [1.29, 1.82) is 0 Å². The van der Waals surface area contributed by atoms with Crippen molar-refractivity contribution in [2.45, 2.75) is 70.5 Å². The van der Waals surface area contributed by atoms with Gasteiger partial charge < -0.3 is 5.32 Å². The number of nitrogens with zero attached hydrogens (tertiary/aromatic N) is 2. The van der Waals surface area contributed by atoms with E-state index in [0.29, 0.717) is 23.6 Å². The number of amides is 1. The number of carbonyl (C=O) groups excluding carboxylic acids is 1. The predicted octanol–water partition coefficient (Wildman–Crippen LogP) is 5.04.